The largest absolute Gasteiger partial charge is 0.394 e. The predicted molar refractivity (Wildman–Crippen MR) is 82.4 cm³/mol. The number of hydrogen-bond acceptors (Lipinski definition) is 12. The molecule has 13 heteroatoms. The number of rotatable bonds is 11. The molecule has 0 amide bonds. The number of hydrogen-bond donors (Lipinski definition) is 8. The molecule has 144 valence electrons. The van der Waals surface area contributed by atoms with E-state index in [1.165, 1.54) is 0 Å². The van der Waals surface area contributed by atoms with Gasteiger partial charge >= 0.3 is 0 Å². The molecular weight excluding hydrogens is 372 g/mol. The Balaban J connectivity index is 2.73. The molecule has 0 aromatic heterocycles. The second-order valence-corrected chi connectivity index (χ2v) is 8.04. The Labute approximate surface area is 145 Å². The maximum atomic E-state index is 10.3. The summed E-state index contributed by atoms with van der Waals surface area (Å²) < 4.78 is 8.91. The van der Waals surface area contributed by atoms with Crippen LogP contribution in [0.15, 0.2) is 0 Å². The van der Waals surface area contributed by atoms with Gasteiger partial charge in [-0.05, 0) is 0 Å². The van der Waals surface area contributed by atoms with Crippen molar-refractivity contribution in [3.8, 4) is 0 Å². The SMILES string of the molecule is OCC(O)C(O)C(OSOOO)C(O)C[S+]1CC(O)C(O)C1CO. The summed E-state index contributed by atoms with van der Waals surface area (Å²) in [4.78, 5) is 0. The highest BCUT2D eigenvalue weighted by Gasteiger charge is 2.51. The Morgan fingerprint density at radius 2 is 1.79 bits per heavy atom. The first-order valence-electron chi connectivity index (χ1n) is 6.95. The van der Waals surface area contributed by atoms with Gasteiger partial charge < -0.3 is 35.7 Å². The van der Waals surface area contributed by atoms with Crippen molar-refractivity contribution in [3.63, 3.8) is 0 Å². The van der Waals surface area contributed by atoms with Crippen molar-refractivity contribution in [2.24, 2.45) is 0 Å². The van der Waals surface area contributed by atoms with E-state index in [-0.39, 0.29) is 23.8 Å². The topological polar surface area (TPSA) is 190 Å². The van der Waals surface area contributed by atoms with Gasteiger partial charge in [-0.15, -0.1) is 4.33 Å². The second kappa shape index (κ2) is 11.1. The van der Waals surface area contributed by atoms with Crippen molar-refractivity contribution in [1.29, 1.82) is 0 Å². The summed E-state index contributed by atoms with van der Waals surface area (Å²) in [7, 11) is -0.781. The molecule has 0 saturated carbocycles. The normalized spacial score (nSPS) is 32.5. The zero-order valence-corrected chi connectivity index (χ0v) is 14.1. The van der Waals surface area contributed by atoms with Crippen molar-refractivity contribution in [3.05, 3.63) is 0 Å². The molecule has 0 aliphatic carbocycles. The highest BCUT2D eigenvalue weighted by molar-refractivity contribution is 7.97. The highest BCUT2D eigenvalue weighted by atomic mass is 32.2. The minimum Gasteiger partial charge on any atom is -0.394 e. The van der Waals surface area contributed by atoms with Crippen LogP contribution in [0, 0.1) is 0 Å². The summed E-state index contributed by atoms with van der Waals surface area (Å²) >= 11 is 0.0814. The summed E-state index contributed by atoms with van der Waals surface area (Å²) in [5.74, 6) is 0.0952. The quantitative estimate of drug-likeness (QED) is 0.0560. The lowest BCUT2D eigenvalue weighted by Crippen LogP contribution is -2.49. The van der Waals surface area contributed by atoms with Crippen LogP contribution in [0.1, 0.15) is 0 Å². The average molecular weight is 395 g/mol. The summed E-state index contributed by atoms with van der Waals surface area (Å²) in [6, 6.07) is 0. The minimum absolute atomic E-state index is 0.0558. The van der Waals surface area contributed by atoms with Crippen molar-refractivity contribution in [1.82, 2.24) is 0 Å². The van der Waals surface area contributed by atoms with E-state index >= 15 is 0 Å². The molecule has 1 rings (SSSR count). The van der Waals surface area contributed by atoms with E-state index in [4.69, 9.17) is 14.5 Å². The highest BCUT2D eigenvalue weighted by Crippen LogP contribution is 2.27. The van der Waals surface area contributed by atoms with Crippen LogP contribution in [0.2, 0.25) is 0 Å². The molecule has 11 nitrogen and oxygen atoms in total. The van der Waals surface area contributed by atoms with E-state index < -0.39 is 66.0 Å². The van der Waals surface area contributed by atoms with E-state index in [0.29, 0.717) is 0 Å². The lowest BCUT2D eigenvalue weighted by Gasteiger charge is -2.28. The summed E-state index contributed by atoms with van der Waals surface area (Å²) in [6.45, 7) is -1.18. The molecule has 1 saturated heterocycles. The van der Waals surface area contributed by atoms with Gasteiger partial charge in [0.1, 0.15) is 48.1 Å². The Kier molecular flexibility index (Phi) is 10.3. The summed E-state index contributed by atoms with van der Waals surface area (Å²) in [5.41, 5.74) is 0. The van der Waals surface area contributed by atoms with Gasteiger partial charge in [0.15, 0.2) is 17.6 Å². The predicted octanol–water partition coefficient (Wildman–Crippen LogP) is -3.85. The zero-order valence-electron chi connectivity index (χ0n) is 12.5. The van der Waals surface area contributed by atoms with Crippen LogP contribution < -0.4 is 0 Å². The molecule has 0 aromatic rings. The lowest BCUT2D eigenvalue weighted by molar-refractivity contribution is -0.434. The van der Waals surface area contributed by atoms with E-state index in [2.05, 4.69) is 9.37 Å². The van der Waals surface area contributed by atoms with Gasteiger partial charge in [0.05, 0.1) is 13.2 Å². The van der Waals surface area contributed by atoms with Crippen molar-refractivity contribution in [2.75, 3.05) is 24.7 Å². The minimum atomic E-state index is -1.70. The van der Waals surface area contributed by atoms with Crippen LogP contribution in [-0.2, 0) is 24.5 Å². The molecule has 0 aromatic carbocycles. The molecular formula is C11H23O11S2+. The molecule has 8 N–H and O–H groups in total. The molecule has 8 unspecified atom stereocenters. The van der Waals surface area contributed by atoms with Crippen LogP contribution in [0.4, 0.5) is 0 Å². The van der Waals surface area contributed by atoms with Crippen LogP contribution in [-0.4, -0.2) is 108 Å². The van der Waals surface area contributed by atoms with Crippen LogP contribution in [0.25, 0.3) is 0 Å². The Morgan fingerprint density at radius 1 is 1.12 bits per heavy atom. The number of aliphatic hydroxyl groups is 7. The van der Waals surface area contributed by atoms with Gasteiger partial charge in [-0.2, -0.15) is 0 Å². The van der Waals surface area contributed by atoms with Gasteiger partial charge in [0, 0.05) is 10.9 Å². The molecule has 1 aliphatic heterocycles. The van der Waals surface area contributed by atoms with E-state index in [1.807, 2.05) is 0 Å². The van der Waals surface area contributed by atoms with Crippen LogP contribution in [0.3, 0.4) is 0 Å². The van der Waals surface area contributed by atoms with Crippen molar-refractivity contribution < 1.29 is 54.6 Å². The fourth-order valence-corrected chi connectivity index (χ4v) is 5.43. The zero-order chi connectivity index (χ0) is 18.3. The van der Waals surface area contributed by atoms with Crippen LogP contribution in [0.5, 0.6) is 0 Å². The van der Waals surface area contributed by atoms with E-state index in [9.17, 15) is 30.6 Å². The molecule has 24 heavy (non-hydrogen) atoms. The summed E-state index contributed by atoms with van der Waals surface area (Å²) in [5, 5.41) is 78.1. The van der Waals surface area contributed by atoms with Gasteiger partial charge in [-0.3, -0.25) is 4.18 Å². The Bertz CT molecular complexity index is 352. The van der Waals surface area contributed by atoms with Crippen LogP contribution >= 0.6 is 12.3 Å². The monoisotopic (exact) mass is 395 g/mol. The van der Waals surface area contributed by atoms with E-state index in [1.54, 1.807) is 0 Å². The lowest BCUT2D eigenvalue weighted by atomic mass is 10.0. The fraction of sp³-hybridized carbons (Fsp3) is 1.00. The third kappa shape index (κ3) is 5.91. The maximum absolute atomic E-state index is 10.3. The van der Waals surface area contributed by atoms with Gasteiger partial charge in [0.25, 0.3) is 0 Å². The van der Waals surface area contributed by atoms with Gasteiger partial charge in [0.2, 0.25) is 0 Å². The second-order valence-electron chi connectivity index (χ2n) is 5.23. The van der Waals surface area contributed by atoms with E-state index in [0.717, 1.165) is 0 Å². The van der Waals surface area contributed by atoms with Gasteiger partial charge in [-0.1, -0.05) is 5.04 Å². The van der Waals surface area contributed by atoms with Crippen molar-refractivity contribution in [2.45, 2.75) is 41.9 Å². The third-order valence-corrected chi connectivity index (χ3v) is 6.90. The fourth-order valence-electron chi connectivity index (χ4n) is 2.36. The standard InChI is InChI=1S/C11H22O11S2/c12-1-5(14)10(18)11(20-23-22-21-19)7(16)4-24-3-6(15)9(17)8(24)2-13/h5-18H,1-4H2/p+1. The molecule has 1 heterocycles. The first kappa shape index (κ1) is 22.3. The average Bonchev–Trinajstić information content (AvgIpc) is 2.83. The molecule has 1 fully saturated rings. The Hall–Kier alpha value is 0.260. The molecule has 0 radical (unpaired) electrons. The van der Waals surface area contributed by atoms with Gasteiger partial charge in [-0.25, -0.2) is 5.26 Å². The third-order valence-electron chi connectivity index (χ3n) is 3.66. The smallest absolute Gasteiger partial charge is 0.198 e. The number of aliphatic hydroxyl groups excluding tert-OH is 7. The molecule has 0 bridgehead atoms. The Morgan fingerprint density at radius 3 is 2.33 bits per heavy atom. The molecule has 8 atom stereocenters. The maximum Gasteiger partial charge on any atom is 0.198 e. The first-order valence-corrected chi connectivity index (χ1v) is 9.25. The molecule has 1 aliphatic rings. The van der Waals surface area contributed by atoms with Crippen molar-refractivity contribution >= 4 is 23.2 Å². The summed E-state index contributed by atoms with van der Waals surface area (Å²) in [6.07, 6.45) is -8.32. The first-order chi connectivity index (χ1) is 11.4. The molecule has 0 spiro atoms.